The molecule has 0 radical (unpaired) electrons. The lowest BCUT2D eigenvalue weighted by Crippen LogP contribution is -2.36. The highest BCUT2D eigenvalue weighted by molar-refractivity contribution is 7.99. The summed E-state index contributed by atoms with van der Waals surface area (Å²) in [4.78, 5) is 22.0. The molecule has 1 aromatic carbocycles. The number of thioether (sulfide) groups is 1. The van der Waals surface area contributed by atoms with Gasteiger partial charge in [-0.15, -0.1) is 11.8 Å². The molecule has 128 valence electrons. The minimum absolute atomic E-state index is 0.808. The molecule has 1 aliphatic heterocycles. The van der Waals surface area contributed by atoms with Crippen LogP contribution in [0.25, 0.3) is 0 Å². The Morgan fingerprint density at radius 3 is 2.22 bits per heavy atom. The maximum absolute atomic E-state index is 9.10. The third-order valence-electron chi connectivity index (χ3n) is 2.99. The molecule has 8 heteroatoms. The van der Waals surface area contributed by atoms with Crippen molar-refractivity contribution in [1.82, 2.24) is 4.90 Å². The number of carbonyl (C=O) groups is 2. The predicted octanol–water partition coefficient (Wildman–Crippen LogP) is 2.31. The lowest BCUT2D eigenvalue weighted by atomic mass is 10.3. The van der Waals surface area contributed by atoms with Crippen LogP contribution in [0.15, 0.2) is 29.2 Å². The molecule has 23 heavy (non-hydrogen) atoms. The second-order valence-electron chi connectivity index (χ2n) is 4.72. The number of morpholine rings is 1. The van der Waals surface area contributed by atoms with Gasteiger partial charge in [0.05, 0.1) is 13.2 Å². The van der Waals surface area contributed by atoms with Crippen LogP contribution in [0.5, 0.6) is 0 Å². The summed E-state index contributed by atoms with van der Waals surface area (Å²) in [6, 6.07) is 8.07. The van der Waals surface area contributed by atoms with Crippen LogP contribution in [-0.4, -0.2) is 65.7 Å². The van der Waals surface area contributed by atoms with Gasteiger partial charge in [-0.2, -0.15) is 0 Å². The number of benzene rings is 1. The Morgan fingerprint density at radius 1 is 1.13 bits per heavy atom. The Labute approximate surface area is 144 Å². The molecule has 0 amide bonds. The van der Waals surface area contributed by atoms with Gasteiger partial charge in [-0.1, -0.05) is 11.6 Å². The average Bonchev–Trinajstić information content (AvgIpc) is 2.55. The molecule has 2 N–H and O–H groups in total. The molecule has 0 atom stereocenters. The Hall–Kier alpha value is -1.28. The number of carboxylic acid groups (broad SMARTS) is 2. The second-order valence-corrected chi connectivity index (χ2v) is 6.33. The number of rotatable bonds is 5. The first-order valence-electron chi connectivity index (χ1n) is 7.13. The number of hydrogen-bond acceptors (Lipinski definition) is 5. The van der Waals surface area contributed by atoms with Crippen LogP contribution < -0.4 is 0 Å². The first-order chi connectivity index (χ1) is 11.0. The fraction of sp³-hybridized carbons (Fsp3) is 0.467. The summed E-state index contributed by atoms with van der Waals surface area (Å²) in [5.74, 6) is -2.48. The van der Waals surface area contributed by atoms with Crippen LogP contribution in [0.4, 0.5) is 0 Å². The number of aliphatic carboxylic acids is 2. The quantitative estimate of drug-likeness (QED) is 0.472. The summed E-state index contributed by atoms with van der Waals surface area (Å²) >= 11 is 7.75. The Morgan fingerprint density at radius 2 is 1.70 bits per heavy atom. The van der Waals surface area contributed by atoms with Crippen molar-refractivity contribution in [1.29, 1.82) is 0 Å². The Kier molecular flexibility index (Phi) is 9.70. The van der Waals surface area contributed by atoms with Gasteiger partial charge < -0.3 is 14.9 Å². The summed E-state index contributed by atoms with van der Waals surface area (Å²) in [6.07, 6.45) is 1.23. The zero-order valence-corrected chi connectivity index (χ0v) is 14.2. The number of ether oxygens (including phenoxy) is 1. The highest BCUT2D eigenvalue weighted by Gasteiger charge is 2.09. The third kappa shape index (κ3) is 9.45. The Balaban J connectivity index is 0.000000379. The summed E-state index contributed by atoms with van der Waals surface area (Å²) in [6.45, 7) is 5.15. The summed E-state index contributed by atoms with van der Waals surface area (Å²) in [7, 11) is 0. The van der Waals surface area contributed by atoms with E-state index in [1.54, 1.807) is 0 Å². The normalized spacial score (nSPS) is 14.7. The van der Waals surface area contributed by atoms with Gasteiger partial charge in [0.1, 0.15) is 0 Å². The van der Waals surface area contributed by atoms with Gasteiger partial charge in [0, 0.05) is 23.0 Å². The largest absolute Gasteiger partial charge is 0.473 e. The van der Waals surface area contributed by atoms with Crippen LogP contribution in [-0.2, 0) is 14.3 Å². The van der Waals surface area contributed by atoms with E-state index < -0.39 is 11.9 Å². The van der Waals surface area contributed by atoms with Crippen LogP contribution in [0.3, 0.4) is 0 Å². The molecule has 0 aromatic heterocycles. The maximum Gasteiger partial charge on any atom is 0.414 e. The van der Waals surface area contributed by atoms with E-state index in [9.17, 15) is 0 Å². The standard InChI is InChI=1S/C13H18ClNOS.C2H2O4/c14-12-2-4-13(5-3-12)17-11-1-6-15-7-9-16-10-8-15;3-1(4)2(5)6/h2-5H,1,6-11H2;(H,3,4)(H,5,6). The minimum atomic E-state index is -1.82. The van der Waals surface area contributed by atoms with Crippen LogP contribution in [0, 0.1) is 0 Å². The van der Waals surface area contributed by atoms with Gasteiger partial charge >= 0.3 is 11.9 Å². The maximum atomic E-state index is 9.10. The van der Waals surface area contributed by atoms with Gasteiger partial charge in [0.2, 0.25) is 0 Å². The smallest absolute Gasteiger partial charge is 0.414 e. The van der Waals surface area contributed by atoms with Crippen molar-refractivity contribution >= 4 is 35.3 Å². The first-order valence-corrected chi connectivity index (χ1v) is 8.50. The third-order valence-corrected chi connectivity index (χ3v) is 4.34. The highest BCUT2D eigenvalue weighted by atomic mass is 35.5. The van der Waals surface area contributed by atoms with Crippen molar-refractivity contribution in [3.63, 3.8) is 0 Å². The lowest BCUT2D eigenvalue weighted by molar-refractivity contribution is -0.159. The molecule has 1 heterocycles. The molecule has 1 fully saturated rings. The topological polar surface area (TPSA) is 87.1 Å². The molecule has 6 nitrogen and oxygen atoms in total. The van der Waals surface area contributed by atoms with Crippen molar-refractivity contribution < 1.29 is 24.5 Å². The molecule has 0 unspecified atom stereocenters. The second kappa shape index (κ2) is 11.3. The molecule has 1 saturated heterocycles. The van der Waals surface area contributed by atoms with E-state index in [0.717, 1.165) is 31.3 Å². The molecule has 1 aromatic rings. The molecular weight excluding hydrogens is 342 g/mol. The molecule has 0 spiro atoms. The van der Waals surface area contributed by atoms with Crippen molar-refractivity contribution in [2.75, 3.05) is 38.6 Å². The first kappa shape index (κ1) is 19.8. The summed E-state index contributed by atoms with van der Waals surface area (Å²) in [5.41, 5.74) is 0. The predicted molar refractivity (Wildman–Crippen MR) is 89.3 cm³/mol. The molecule has 2 rings (SSSR count). The van der Waals surface area contributed by atoms with E-state index >= 15 is 0 Å². The molecule has 0 aliphatic carbocycles. The van der Waals surface area contributed by atoms with Crippen molar-refractivity contribution in [2.45, 2.75) is 11.3 Å². The zero-order chi connectivity index (χ0) is 17.1. The number of hydrogen-bond donors (Lipinski definition) is 2. The van der Waals surface area contributed by atoms with Crippen molar-refractivity contribution in [3.05, 3.63) is 29.3 Å². The summed E-state index contributed by atoms with van der Waals surface area (Å²) in [5, 5.41) is 15.6. The molecule has 0 saturated carbocycles. The fourth-order valence-corrected chi connectivity index (χ4v) is 2.80. The zero-order valence-electron chi connectivity index (χ0n) is 12.6. The van der Waals surface area contributed by atoms with Gasteiger partial charge in [0.25, 0.3) is 0 Å². The number of nitrogens with zero attached hydrogens (tertiary/aromatic N) is 1. The van der Waals surface area contributed by atoms with Crippen molar-refractivity contribution in [2.24, 2.45) is 0 Å². The van der Waals surface area contributed by atoms with Crippen LogP contribution in [0.1, 0.15) is 6.42 Å². The summed E-state index contributed by atoms with van der Waals surface area (Å²) < 4.78 is 5.33. The number of halogens is 1. The number of carboxylic acids is 2. The van der Waals surface area contributed by atoms with Crippen molar-refractivity contribution in [3.8, 4) is 0 Å². The highest BCUT2D eigenvalue weighted by Crippen LogP contribution is 2.21. The molecule has 1 aliphatic rings. The van der Waals surface area contributed by atoms with Gasteiger partial charge in [-0.25, -0.2) is 9.59 Å². The molecular formula is C15H20ClNO5S. The average molecular weight is 362 g/mol. The van der Waals surface area contributed by atoms with Gasteiger partial charge in [-0.3, -0.25) is 4.90 Å². The van der Waals surface area contributed by atoms with E-state index in [4.69, 9.17) is 36.1 Å². The lowest BCUT2D eigenvalue weighted by Gasteiger charge is -2.26. The monoisotopic (exact) mass is 361 g/mol. The van der Waals surface area contributed by atoms with E-state index in [1.807, 2.05) is 23.9 Å². The van der Waals surface area contributed by atoms with Gasteiger partial charge in [0.15, 0.2) is 0 Å². The van der Waals surface area contributed by atoms with Gasteiger partial charge in [-0.05, 0) is 43.0 Å². The van der Waals surface area contributed by atoms with E-state index in [1.165, 1.54) is 23.6 Å². The molecule has 0 bridgehead atoms. The van der Waals surface area contributed by atoms with E-state index in [0.29, 0.717) is 0 Å². The minimum Gasteiger partial charge on any atom is -0.473 e. The Bertz CT molecular complexity index is 479. The van der Waals surface area contributed by atoms with Crippen LogP contribution >= 0.6 is 23.4 Å². The van der Waals surface area contributed by atoms with Crippen LogP contribution in [0.2, 0.25) is 5.02 Å². The fourth-order valence-electron chi connectivity index (χ4n) is 1.83. The SMILES string of the molecule is Clc1ccc(SCCCN2CCOCC2)cc1.O=C(O)C(=O)O. The van der Waals surface area contributed by atoms with E-state index in [2.05, 4.69) is 17.0 Å². The van der Waals surface area contributed by atoms with E-state index in [-0.39, 0.29) is 0 Å².